The van der Waals surface area contributed by atoms with Crippen LogP contribution in [0.2, 0.25) is 0 Å². The lowest BCUT2D eigenvalue weighted by molar-refractivity contribution is -0.0753. The highest BCUT2D eigenvalue weighted by atomic mass is 16.5. The van der Waals surface area contributed by atoms with E-state index < -0.39 is 0 Å². The molecule has 0 radical (unpaired) electrons. The zero-order valence-corrected chi connectivity index (χ0v) is 13.6. The number of hydrogen-bond acceptors (Lipinski definition) is 4. The maximum atomic E-state index is 6.25. The minimum Gasteiger partial charge on any atom is -0.382 e. The SMILES string of the molecule is COCCOCCCOC1(CNC(C)C)CCCCC1. The molecule has 4 nitrogen and oxygen atoms in total. The van der Waals surface area contributed by atoms with Crippen molar-refractivity contribution >= 4 is 0 Å². The summed E-state index contributed by atoms with van der Waals surface area (Å²) in [6.45, 7) is 8.28. The summed E-state index contributed by atoms with van der Waals surface area (Å²) in [5, 5.41) is 3.55. The van der Waals surface area contributed by atoms with Gasteiger partial charge in [-0.15, -0.1) is 0 Å². The molecule has 0 unspecified atom stereocenters. The Morgan fingerprint density at radius 1 is 1.00 bits per heavy atom. The van der Waals surface area contributed by atoms with Crippen LogP contribution in [0, 0.1) is 0 Å². The van der Waals surface area contributed by atoms with Gasteiger partial charge >= 0.3 is 0 Å². The Kier molecular flexibility index (Phi) is 9.44. The van der Waals surface area contributed by atoms with Crippen molar-refractivity contribution in [3.05, 3.63) is 0 Å². The van der Waals surface area contributed by atoms with Crippen molar-refractivity contribution in [2.24, 2.45) is 0 Å². The van der Waals surface area contributed by atoms with E-state index in [-0.39, 0.29) is 5.60 Å². The smallest absolute Gasteiger partial charge is 0.0806 e. The van der Waals surface area contributed by atoms with Gasteiger partial charge in [-0.25, -0.2) is 0 Å². The molecule has 1 rings (SSSR count). The molecule has 0 amide bonds. The summed E-state index contributed by atoms with van der Waals surface area (Å²) in [7, 11) is 1.70. The quantitative estimate of drug-likeness (QED) is 0.593. The van der Waals surface area contributed by atoms with Crippen molar-refractivity contribution in [3.63, 3.8) is 0 Å². The number of rotatable bonds is 11. The third-order valence-corrected chi connectivity index (χ3v) is 3.87. The third kappa shape index (κ3) is 7.58. The van der Waals surface area contributed by atoms with E-state index in [0.717, 1.165) is 26.2 Å². The lowest BCUT2D eigenvalue weighted by Gasteiger charge is -2.38. The minimum atomic E-state index is 0.0645. The highest BCUT2D eigenvalue weighted by Crippen LogP contribution is 2.31. The molecule has 1 saturated carbocycles. The number of methoxy groups -OCH3 is 1. The molecule has 0 aromatic rings. The van der Waals surface area contributed by atoms with Gasteiger partial charge in [0.1, 0.15) is 0 Å². The van der Waals surface area contributed by atoms with Crippen LogP contribution >= 0.6 is 0 Å². The van der Waals surface area contributed by atoms with Gasteiger partial charge in [0, 0.05) is 32.9 Å². The second-order valence-electron chi connectivity index (χ2n) is 6.09. The van der Waals surface area contributed by atoms with E-state index in [9.17, 15) is 0 Å². The molecule has 0 aliphatic heterocycles. The molecular formula is C16H33NO3. The summed E-state index contributed by atoms with van der Waals surface area (Å²) in [6, 6.07) is 0.523. The van der Waals surface area contributed by atoms with E-state index in [1.54, 1.807) is 7.11 Å². The molecule has 0 atom stereocenters. The average molecular weight is 287 g/mol. The molecule has 120 valence electrons. The lowest BCUT2D eigenvalue weighted by atomic mass is 9.84. The van der Waals surface area contributed by atoms with E-state index in [1.807, 2.05) is 0 Å². The van der Waals surface area contributed by atoms with Crippen molar-refractivity contribution in [1.29, 1.82) is 0 Å². The van der Waals surface area contributed by atoms with Crippen LogP contribution in [0.4, 0.5) is 0 Å². The van der Waals surface area contributed by atoms with E-state index in [2.05, 4.69) is 19.2 Å². The topological polar surface area (TPSA) is 39.7 Å². The molecule has 4 heteroatoms. The third-order valence-electron chi connectivity index (χ3n) is 3.87. The van der Waals surface area contributed by atoms with E-state index >= 15 is 0 Å². The van der Waals surface area contributed by atoms with E-state index in [4.69, 9.17) is 14.2 Å². The maximum Gasteiger partial charge on any atom is 0.0806 e. The second kappa shape index (κ2) is 10.6. The standard InChI is InChI=1S/C16H33NO3/c1-15(2)17-14-16(8-5-4-6-9-16)20-11-7-10-19-13-12-18-3/h15,17H,4-14H2,1-3H3. The van der Waals surface area contributed by atoms with Crippen LogP contribution in [0.1, 0.15) is 52.4 Å². The predicted octanol–water partition coefficient (Wildman–Crippen LogP) is 2.76. The lowest BCUT2D eigenvalue weighted by Crippen LogP contribution is -2.46. The molecule has 1 N–H and O–H groups in total. The Bertz CT molecular complexity index is 228. The summed E-state index contributed by atoms with van der Waals surface area (Å²) >= 11 is 0. The summed E-state index contributed by atoms with van der Waals surface area (Å²) in [5.41, 5.74) is 0.0645. The molecule has 0 heterocycles. The monoisotopic (exact) mass is 287 g/mol. The Morgan fingerprint density at radius 2 is 1.75 bits per heavy atom. The molecule has 0 spiro atoms. The predicted molar refractivity (Wildman–Crippen MR) is 82.2 cm³/mol. The summed E-state index contributed by atoms with van der Waals surface area (Å²) < 4.78 is 16.7. The molecule has 20 heavy (non-hydrogen) atoms. The van der Waals surface area contributed by atoms with Gasteiger partial charge in [-0.1, -0.05) is 33.1 Å². The van der Waals surface area contributed by atoms with Crippen molar-refractivity contribution in [2.45, 2.75) is 64.0 Å². The number of nitrogens with one attached hydrogen (secondary N) is 1. The van der Waals surface area contributed by atoms with Crippen molar-refractivity contribution in [1.82, 2.24) is 5.32 Å². The van der Waals surface area contributed by atoms with Crippen molar-refractivity contribution in [3.8, 4) is 0 Å². The van der Waals surface area contributed by atoms with Gasteiger partial charge < -0.3 is 19.5 Å². The Balaban J connectivity index is 2.19. The number of hydrogen-bond donors (Lipinski definition) is 1. The van der Waals surface area contributed by atoms with Gasteiger partial charge in [0.2, 0.25) is 0 Å². The van der Waals surface area contributed by atoms with E-state index in [0.29, 0.717) is 19.3 Å². The fourth-order valence-corrected chi connectivity index (χ4v) is 2.65. The number of ether oxygens (including phenoxy) is 3. The summed E-state index contributed by atoms with van der Waals surface area (Å²) in [6.07, 6.45) is 7.29. The van der Waals surface area contributed by atoms with Crippen LogP contribution in [-0.2, 0) is 14.2 Å². The van der Waals surface area contributed by atoms with Crippen LogP contribution in [-0.4, -0.2) is 51.7 Å². The largest absolute Gasteiger partial charge is 0.382 e. The van der Waals surface area contributed by atoms with Crippen LogP contribution in [0.25, 0.3) is 0 Å². The molecule has 1 fully saturated rings. The Labute approximate surface area is 124 Å². The molecule has 0 aromatic carbocycles. The fourth-order valence-electron chi connectivity index (χ4n) is 2.65. The van der Waals surface area contributed by atoms with Crippen LogP contribution < -0.4 is 5.32 Å². The highest BCUT2D eigenvalue weighted by Gasteiger charge is 2.32. The van der Waals surface area contributed by atoms with Gasteiger partial charge in [-0.3, -0.25) is 0 Å². The summed E-state index contributed by atoms with van der Waals surface area (Å²) in [4.78, 5) is 0. The molecule has 1 aliphatic rings. The maximum absolute atomic E-state index is 6.25. The van der Waals surface area contributed by atoms with Gasteiger partial charge in [-0.2, -0.15) is 0 Å². The van der Waals surface area contributed by atoms with Gasteiger partial charge in [0.15, 0.2) is 0 Å². The highest BCUT2D eigenvalue weighted by molar-refractivity contribution is 4.87. The van der Waals surface area contributed by atoms with Crippen molar-refractivity contribution in [2.75, 3.05) is 40.1 Å². The normalized spacial score (nSPS) is 18.6. The molecule has 0 bridgehead atoms. The summed E-state index contributed by atoms with van der Waals surface area (Å²) in [5.74, 6) is 0. The van der Waals surface area contributed by atoms with Gasteiger partial charge in [0.05, 0.1) is 18.8 Å². The Hall–Kier alpha value is -0.160. The first-order valence-electron chi connectivity index (χ1n) is 8.12. The zero-order valence-electron chi connectivity index (χ0n) is 13.6. The van der Waals surface area contributed by atoms with Crippen LogP contribution in [0.15, 0.2) is 0 Å². The fraction of sp³-hybridized carbons (Fsp3) is 1.00. The van der Waals surface area contributed by atoms with Crippen molar-refractivity contribution < 1.29 is 14.2 Å². The van der Waals surface area contributed by atoms with Gasteiger partial charge in [0.25, 0.3) is 0 Å². The Morgan fingerprint density at radius 3 is 2.40 bits per heavy atom. The van der Waals surface area contributed by atoms with Crippen LogP contribution in [0.3, 0.4) is 0 Å². The first-order chi connectivity index (χ1) is 9.68. The molecule has 0 aromatic heterocycles. The first-order valence-corrected chi connectivity index (χ1v) is 8.12. The zero-order chi connectivity index (χ0) is 14.7. The first kappa shape index (κ1) is 17.9. The molecule has 0 saturated heterocycles. The molecule has 1 aliphatic carbocycles. The van der Waals surface area contributed by atoms with E-state index in [1.165, 1.54) is 32.1 Å². The van der Waals surface area contributed by atoms with Gasteiger partial charge in [-0.05, 0) is 19.3 Å². The second-order valence-corrected chi connectivity index (χ2v) is 6.09. The minimum absolute atomic E-state index is 0.0645. The molecular weight excluding hydrogens is 254 g/mol. The van der Waals surface area contributed by atoms with Crippen LogP contribution in [0.5, 0.6) is 0 Å². The average Bonchev–Trinajstić information content (AvgIpc) is 2.45.